The molecule has 0 atom stereocenters. The van der Waals surface area contributed by atoms with E-state index in [1.54, 1.807) is 21.3 Å². The van der Waals surface area contributed by atoms with Crippen molar-refractivity contribution in [3.8, 4) is 17.2 Å². The van der Waals surface area contributed by atoms with Gasteiger partial charge in [-0.05, 0) is 24.1 Å². The number of benzene rings is 1. The molecule has 0 saturated carbocycles. The quantitative estimate of drug-likeness (QED) is 0.811. The Balaban J connectivity index is 2.14. The number of hydrogen-bond acceptors (Lipinski definition) is 5. The molecule has 124 valence electrons. The summed E-state index contributed by atoms with van der Waals surface area (Å²) < 4.78 is 17.7. The third-order valence-corrected chi connectivity index (χ3v) is 4.18. The molecule has 7 heteroatoms. The summed E-state index contributed by atoms with van der Waals surface area (Å²) in [5.74, 6) is 1.55. The number of carbonyl (C=O) groups is 1. The Hall–Kier alpha value is -2.28. The van der Waals surface area contributed by atoms with Crippen LogP contribution in [0.1, 0.15) is 12.0 Å². The number of ether oxygens (including phenoxy) is 3. The molecule has 1 amide bonds. The van der Waals surface area contributed by atoms with Crippen LogP contribution in [-0.4, -0.2) is 31.8 Å². The molecule has 0 radical (unpaired) electrons. The molecule has 0 aliphatic heterocycles. The Morgan fingerprint density at radius 3 is 2.30 bits per heavy atom. The Labute approximate surface area is 139 Å². The van der Waals surface area contributed by atoms with Gasteiger partial charge in [-0.15, -0.1) is 11.3 Å². The van der Waals surface area contributed by atoms with Gasteiger partial charge in [-0.3, -0.25) is 4.79 Å². The Kier molecular flexibility index (Phi) is 5.81. The van der Waals surface area contributed by atoms with Crippen LogP contribution >= 0.6 is 11.3 Å². The van der Waals surface area contributed by atoms with Gasteiger partial charge in [-0.2, -0.15) is 4.99 Å². The summed E-state index contributed by atoms with van der Waals surface area (Å²) in [6.45, 7) is 0. The summed E-state index contributed by atoms with van der Waals surface area (Å²) in [6.07, 6.45) is 2.74. The van der Waals surface area contributed by atoms with Crippen molar-refractivity contribution >= 4 is 17.2 Å². The smallest absolute Gasteiger partial charge is 0.248 e. The number of amides is 1. The first kappa shape index (κ1) is 17.1. The molecule has 0 N–H and O–H groups in total. The summed E-state index contributed by atoms with van der Waals surface area (Å²) in [5, 5.41) is 1.89. The molecule has 0 fully saturated rings. The lowest BCUT2D eigenvalue weighted by Gasteiger charge is -2.13. The van der Waals surface area contributed by atoms with Gasteiger partial charge < -0.3 is 18.8 Å². The minimum atomic E-state index is -0.156. The summed E-state index contributed by atoms with van der Waals surface area (Å²) in [7, 11) is 6.56. The van der Waals surface area contributed by atoms with Crippen LogP contribution < -0.4 is 19.0 Å². The topological polar surface area (TPSA) is 62.0 Å². The van der Waals surface area contributed by atoms with Gasteiger partial charge in [-0.25, -0.2) is 0 Å². The van der Waals surface area contributed by atoms with Crippen LogP contribution in [0.15, 0.2) is 28.7 Å². The van der Waals surface area contributed by atoms with Crippen molar-refractivity contribution in [3.63, 3.8) is 0 Å². The monoisotopic (exact) mass is 336 g/mol. The Morgan fingerprint density at radius 2 is 1.83 bits per heavy atom. The van der Waals surface area contributed by atoms with Gasteiger partial charge in [-0.1, -0.05) is 0 Å². The molecule has 1 aromatic heterocycles. The van der Waals surface area contributed by atoms with Crippen LogP contribution in [-0.2, 0) is 18.3 Å². The van der Waals surface area contributed by atoms with Gasteiger partial charge >= 0.3 is 0 Å². The van der Waals surface area contributed by atoms with Crippen LogP contribution in [0.3, 0.4) is 0 Å². The molecule has 23 heavy (non-hydrogen) atoms. The van der Waals surface area contributed by atoms with Gasteiger partial charge in [0.05, 0.1) is 21.3 Å². The molecular weight excluding hydrogens is 316 g/mol. The van der Waals surface area contributed by atoms with Gasteiger partial charge in [0.25, 0.3) is 0 Å². The lowest BCUT2D eigenvalue weighted by molar-refractivity contribution is -0.118. The molecule has 2 aromatic rings. The largest absolute Gasteiger partial charge is 0.493 e. The molecular formula is C16H20N2O4S. The zero-order valence-corrected chi connectivity index (χ0v) is 14.5. The molecule has 1 heterocycles. The molecule has 0 aliphatic rings. The van der Waals surface area contributed by atoms with E-state index in [9.17, 15) is 4.79 Å². The average Bonchev–Trinajstić information content (AvgIpc) is 2.96. The minimum Gasteiger partial charge on any atom is -0.493 e. The second kappa shape index (κ2) is 7.82. The zero-order valence-electron chi connectivity index (χ0n) is 13.7. The van der Waals surface area contributed by atoms with E-state index in [4.69, 9.17) is 14.2 Å². The highest BCUT2D eigenvalue weighted by atomic mass is 32.1. The lowest BCUT2D eigenvalue weighted by Crippen LogP contribution is -2.12. The van der Waals surface area contributed by atoms with Crippen molar-refractivity contribution in [1.29, 1.82) is 0 Å². The molecule has 0 aliphatic carbocycles. The number of rotatable bonds is 6. The van der Waals surface area contributed by atoms with E-state index in [-0.39, 0.29) is 5.91 Å². The molecule has 0 spiro atoms. The van der Waals surface area contributed by atoms with Gasteiger partial charge in [0.1, 0.15) is 0 Å². The molecule has 6 nitrogen and oxygen atoms in total. The minimum absolute atomic E-state index is 0.156. The number of hydrogen-bond donors (Lipinski definition) is 0. The number of thiazole rings is 1. The lowest BCUT2D eigenvalue weighted by atomic mass is 10.1. The van der Waals surface area contributed by atoms with E-state index in [1.165, 1.54) is 11.3 Å². The van der Waals surface area contributed by atoms with Crippen LogP contribution in [0.2, 0.25) is 0 Å². The first-order chi connectivity index (χ1) is 11.1. The van der Waals surface area contributed by atoms with Crippen LogP contribution in [0.5, 0.6) is 17.2 Å². The fourth-order valence-electron chi connectivity index (χ4n) is 2.13. The summed E-state index contributed by atoms with van der Waals surface area (Å²) in [6, 6.07) is 3.69. The summed E-state index contributed by atoms with van der Waals surface area (Å²) in [4.78, 5) is 16.8. The molecule has 2 rings (SSSR count). The van der Waals surface area contributed by atoms with E-state index in [1.807, 2.05) is 35.3 Å². The van der Waals surface area contributed by atoms with E-state index in [0.717, 1.165) is 5.56 Å². The second-order valence-corrected chi connectivity index (χ2v) is 5.71. The van der Waals surface area contributed by atoms with Crippen molar-refractivity contribution in [2.24, 2.45) is 12.0 Å². The number of methoxy groups -OCH3 is 3. The highest BCUT2D eigenvalue weighted by molar-refractivity contribution is 7.07. The predicted molar refractivity (Wildman–Crippen MR) is 88.3 cm³/mol. The summed E-state index contributed by atoms with van der Waals surface area (Å²) >= 11 is 1.44. The van der Waals surface area contributed by atoms with Gasteiger partial charge in [0, 0.05) is 25.0 Å². The fraction of sp³-hybridized carbons (Fsp3) is 0.375. The standard InChI is InChI=1S/C16H20N2O4S/c1-18-7-8-23-16(18)17-14(19)6-5-11-9-12(20-2)15(22-4)13(10-11)21-3/h7-10H,5-6H2,1-4H3. The third-order valence-electron chi connectivity index (χ3n) is 3.33. The fourth-order valence-corrected chi connectivity index (χ4v) is 2.88. The van der Waals surface area contributed by atoms with E-state index in [0.29, 0.717) is 34.9 Å². The maximum Gasteiger partial charge on any atom is 0.248 e. The van der Waals surface area contributed by atoms with Crippen molar-refractivity contribution in [2.45, 2.75) is 12.8 Å². The first-order valence-electron chi connectivity index (χ1n) is 7.05. The Morgan fingerprint density at radius 1 is 1.17 bits per heavy atom. The van der Waals surface area contributed by atoms with Gasteiger partial charge in [0.2, 0.25) is 11.7 Å². The van der Waals surface area contributed by atoms with Crippen molar-refractivity contribution < 1.29 is 19.0 Å². The number of aryl methyl sites for hydroxylation is 2. The average molecular weight is 336 g/mol. The highest BCUT2D eigenvalue weighted by Gasteiger charge is 2.13. The van der Waals surface area contributed by atoms with E-state index >= 15 is 0 Å². The molecule has 0 saturated heterocycles. The third kappa shape index (κ3) is 4.13. The first-order valence-corrected chi connectivity index (χ1v) is 7.93. The Bertz CT molecular complexity index is 724. The van der Waals surface area contributed by atoms with E-state index in [2.05, 4.69) is 4.99 Å². The van der Waals surface area contributed by atoms with Crippen LogP contribution in [0.4, 0.5) is 0 Å². The van der Waals surface area contributed by atoms with Gasteiger partial charge in [0.15, 0.2) is 16.3 Å². The number of aromatic nitrogens is 1. The molecule has 0 unspecified atom stereocenters. The predicted octanol–water partition coefficient (Wildman–Crippen LogP) is 2.17. The van der Waals surface area contributed by atoms with E-state index < -0.39 is 0 Å². The van der Waals surface area contributed by atoms with Crippen molar-refractivity contribution in [3.05, 3.63) is 34.1 Å². The maximum atomic E-state index is 12.0. The summed E-state index contributed by atoms with van der Waals surface area (Å²) in [5.41, 5.74) is 0.929. The van der Waals surface area contributed by atoms with Crippen LogP contribution in [0.25, 0.3) is 0 Å². The van der Waals surface area contributed by atoms with Crippen molar-refractivity contribution in [1.82, 2.24) is 4.57 Å². The van der Waals surface area contributed by atoms with Crippen LogP contribution in [0, 0.1) is 0 Å². The zero-order chi connectivity index (χ0) is 16.8. The second-order valence-electron chi connectivity index (χ2n) is 4.84. The number of carbonyl (C=O) groups excluding carboxylic acids is 1. The maximum absolute atomic E-state index is 12.0. The number of nitrogens with zero attached hydrogens (tertiary/aromatic N) is 2. The molecule has 1 aromatic carbocycles. The normalized spacial score (nSPS) is 11.4. The highest BCUT2D eigenvalue weighted by Crippen LogP contribution is 2.38. The molecule has 0 bridgehead atoms. The SMILES string of the molecule is COc1cc(CCC(=O)N=c2sccn2C)cc(OC)c1OC. The van der Waals surface area contributed by atoms with Crippen molar-refractivity contribution in [2.75, 3.05) is 21.3 Å².